The molecule has 4 nitrogen and oxygen atoms in total. The standard InChI is InChI=1S/C24H24Cl2N2O2/c25-20-10-9-17(12-21(20)26)23-19(16-7-4-8-16)13-22(28-23)27-14-18(24(29)30)11-15-5-2-1-3-6-15/h1-3,5-6,9-10,12,16,18H,4,7-8,11,13-14H2,(H,27,28)(H,29,30). The Kier molecular flexibility index (Phi) is 6.45. The van der Waals surface area contributed by atoms with Gasteiger partial charge in [-0.05, 0) is 54.0 Å². The molecule has 2 N–H and O–H groups in total. The van der Waals surface area contributed by atoms with Gasteiger partial charge in [-0.2, -0.15) is 0 Å². The summed E-state index contributed by atoms with van der Waals surface area (Å²) in [6.45, 7) is 0.249. The van der Waals surface area contributed by atoms with Crippen molar-refractivity contribution < 1.29 is 9.90 Å². The average molecular weight is 443 g/mol. The minimum Gasteiger partial charge on any atom is -0.481 e. The highest BCUT2D eigenvalue weighted by atomic mass is 35.5. The van der Waals surface area contributed by atoms with Gasteiger partial charge in [0.25, 0.3) is 0 Å². The van der Waals surface area contributed by atoms with Gasteiger partial charge in [-0.25, -0.2) is 0 Å². The fourth-order valence-corrected chi connectivity index (χ4v) is 4.29. The largest absolute Gasteiger partial charge is 0.481 e. The van der Waals surface area contributed by atoms with Gasteiger partial charge >= 0.3 is 5.97 Å². The third-order valence-corrected chi connectivity index (χ3v) is 6.67. The van der Waals surface area contributed by atoms with Crippen LogP contribution in [0.3, 0.4) is 0 Å². The van der Waals surface area contributed by atoms with Gasteiger partial charge in [-0.15, -0.1) is 0 Å². The summed E-state index contributed by atoms with van der Waals surface area (Å²) in [7, 11) is 0. The Balaban J connectivity index is 1.52. The number of aliphatic carboxylic acids is 1. The summed E-state index contributed by atoms with van der Waals surface area (Å²) in [5.41, 5.74) is 4.39. The Bertz CT molecular complexity index is 998. The van der Waals surface area contributed by atoms with Crippen LogP contribution in [0.4, 0.5) is 0 Å². The van der Waals surface area contributed by atoms with E-state index in [9.17, 15) is 9.90 Å². The summed E-state index contributed by atoms with van der Waals surface area (Å²) in [5, 5.41) is 14.2. The van der Waals surface area contributed by atoms with Crippen LogP contribution in [-0.4, -0.2) is 23.5 Å². The highest BCUT2D eigenvalue weighted by molar-refractivity contribution is 6.42. The fourth-order valence-electron chi connectivity index (χ4n) is 4.00. The number of nitrogens with zero attached hydrogens (tertiary/aromatic N) is 1. The lowest BCUT2D eigenvalue weighted by molar-refractivity contribution is -0.141. The minimum absolute atomic E-state index is 0.249. The van der Waals surface area contributed by atoms with E-state index in [4.69, 9.17) is 23.2 Å². The number of aliphatic imine (C=N–C) groups is 1. The lowest BCUT2D eigenvalue weighted by Gasteiger charge is -2.27. The topological polar surface area (TPSA) is 61.7 Å². The predicted molar refractivity (Wildman–Crippen MR) is 122 cm³/mol. The molecule has 1 fully saturated rings. The zero-order valence-electron chi connectivity index (χ0n) is 16.6. The van der Waals surface area contributed by atoms with Crippen molar-refractivity contribution >= 4 is 40.7 Å². The van der Waals surface area contributed by atoms with Crippen LogP contribution in [0.1, 0.15) is 36.8 Å². The van der Waals surface area contributed by atoms with Crippen LogP contribution in [0.5, 0.6) is 0 Å². The molecule has 30 heavy (non-hydrogen) atoms. The number of nitrogens with one attached hydrogen (secondary N) is 1. The van der Waals surface area contributed by atoms with E-state index in [-0.39, 0.29) is 6.54 Å². The number of rotatable bonds is 7. The second-order valence-electron chi connectivity index (χ2n) is 7.97. The van der Waals surface area contributed by atoms with Crippen LogP contribution in [-0.2, 0) is 11.2 Å². The molecule has 1 atom stereocenters. The first-order valence-electron chi connectivity index (χ1n) is 10.3. The number of hydrogen-bond acceptors (Lipinski definition) is 2. The summed E-state index contributed by atoms with van der Waals surface area (Å²) < 4.78 is 0. The van der Waals surface area contributed by atoms with Gasteiger partial charge in [-0.3, -0.25) is 9.79 Å². The molecule has 0 saturated heterocycles. The third-order valence-electron chi connectivity index (χ3n) is 5.93. The maximum atomic E-state index is 11.8. The van der Waals surface area contributed by atoms with E-state index in [1.54, 1.807) is 0 Å². The van der Waals surface area contributed by atoms with Crippen molar-refractivity contribution in [2.24, 2.45) is 16.8 Å². The first-order valence-corrected chi connectivity index (χ1v) is 11.0. The van der Waals surface area contributed by atoms with E-state index >= 15 is 0 Å². The van der Waals surface area contributed by atoms with Gasteiger partial charge in [0, 0.05) is 12.1 Å². The molecule has 156 valence electrons. The Labute approximate surface area is 186 Å². The Morgan fingerprint density at radius 1 is 1.13 bits per heavy atom. The molecule has 0 amide bonds. The highest BCUT2D eigenvalue weighted by Gasteiger charge is 2.31. The van der Waals surface area contributed by atoms with Crippen LogP contribution in [0, 0.1) is 11.8 Å². The predicted octanol–water partition coefficient (Wildman–Crippen LogP) is 5.84. The SMILES string of the molecule is O=C(O)C(CN=C1CC(C2CCC2)=C(c2ccc(Cl)c(Cl)c2)N1)Cc1ccccc1. The van der Waals surface area contributed by atoms with E-state index < -0.39 is 11.9 Å². The van der Waals surface area contributed by atoms with Crippen LogP contribution in [0.15, 0.2) is 59.1 Å². The fraction of sp³-hybridized carbons (Fsp3) is 0.333. The molecule has 1 unspecified atom stereocenters. The monoisotopic (exact) mass is 442 g/mol. The third kappa shape index (κ3) is 4.71. The van der Waals surface area contributed by atoms with Gasteiger partial charge in [0.1, 0.15) is 5.84 Å². The lowest BCUT2D eigenvalue weighted by Crippen LogP contribution is -2.22. The van der Waals surface area contributed by atoms with E-state index in [0.717, 1.165) is 29.1 Å². The van der Waals surface area contributed by atoms with Crippen molar-refractivity contribution in [1.29, 1.82) is 0 Å². The molecular weight excluding hydrogens is 419 g/mol. The van der Waals surface area contributed by atoms with Crippen LogP contribution < -0.4 is 5.32 Å². The van der Waals surface area contributed by atoms with Crippen molar-refractivity contribution in [3.8, 4) is 0 Å². The molecule has 1 aliphatic heterocycles. The van der Waals surface area contributed by atoms with Crippen molar-refractivity contribution in [3.05, 3.63) is 75.3 Å². The number of carbonyl (C=O) groups is 1. The van der Waals surface area contributed by atoms with Gasteiger partial charge < -0.3 is 10.4 Å². The molecule has 0 bridgehead atoms. The molecule has 0 radical (unpaired) electrons. The van der Waals surface area contributed by atoms with Gasteiger partial charge in [0.15, 0.2) is 0 Å². The van der Waals surface area contributed by atoms with E-state index in [0.29, 0.717) is 22.4 Å². The molecule has 6 heteroatoms. The summed E-state index contributed by atoms with van der Waals surface area (Å²) >= 11 is 12.3. The van der Waals surface area contributed by atoms with Gasteiger partial charge in [0.2, 0.25) is 0 Å². The maximum absolute atomic E-state index is 11.8. The van der Waals surface area contributed by atoms with E-state index in [1.807, 2.05) is 48.5 Å². The molecule has 1 heterocycles. The molecule has 1 saturated carbocycles. The first kappa shape index (κ1) is 21.0. The molecule has 2 aromatic carbocycles. The molecule has 0 aromatic heterocycles. The quantitative estimate of drug-likeness (QED) is 0.565. The summed E-state index contributed by atoms with van der Waals surface area (Å²) in [5.74, 6) is 0.00693. The van der Waals surface area contributed by atoms with Crippen LogP contribution >= 0.6 is 23.2 Å². The summed E-state index contributed by atoms with van der Waals surface area (Å²) in [4.78, 5) is 16.4. The smallest absolute Gasteiger partial charge is 0.308 e. The lowest BCUT2D eigenvalue weighted by atomic mass is 9.78. The Morgan fingerprint density at radius 3 is 2.53 bits per heavy atom. The van der Waals surface area contributed by atoms with Gasteiger partial charge in [-0.1, -0.05) is 66.0 Å². The Hall–Kier alpha value is -2.30. The molecule has 4 rings (SSSR count). The average Bonchev–Trinajstić information content (AvgIpc) is 3.10. The molecule has 0 spiro atoms. The van der Waals surface area contributed by atoms with Crippen LogP contribution in [0.2, 0.25) is 10.0 Å². The number of amidine groups is 1. The molecule has 2 aliphatic rings. The second kappa shape index (κ2) is 9.23. The molecular formula is C24H24Cl2N2O2. The second-order valence-corrected chi connectivity index (χ2v) is 8.79. The normalized spacial score (nSPS) is 18.9. The number of carboxylic acids is 1. The number of hydrogen-bond donors (Lipinski definition) is 2. The summed E-state index contributed by atoms with van der Waals surface area (Å²) in [6, 6.07) is 15.3. The molecule has 2 aromatic rings. The van der Waals surface area contributed by atoms with Crippen LogP contribution in [0.25, 0.3) is 5.70 Å². The highest BCUT2D eigenvalue weighted by Crippen LogP contribution is 2.41. The zero-order chi connectivity index (χ0) is 21.1. The number of halogens is 2. The van der Waals surface area contributed by atoms with Crippen molar-refractivity contribution in [2.45, 2.75) is 32.1 Å². The minimum atomic E-state index is -0.821. The maximum Gasteiger partial charge on any atom is 0.308 e. The number of benzene rings is 2. The van der Waals surface area contributed by atoms with Crippen molar-refractivity contribution in [3.63, 3.8) is 0 Å². The first-order chi connectivity index (χ1) is 14.5. The van der Waals surface area contributed by atoms with Crippen molar-refractivity contribution in [1.82, 2.24) is 5.32 Å². The summed E-state index contributed by atoms with van der Waals surface area (Å²) in [6.07, 6.45) is 4.81. The van der Waals surface area contributed by atoms with Crippen molar-refractivity contribution in [2.75, 3.05) is 6.54 Å². The Morgan fingerprint density at radius 2 is 1.90 bits per heavy atom. The van der Waals surface area contributed by atoms with E-state index in [2.05, 4.69) is 10.3 Å². The molecule has 1 aliphatic carbocycles. The number of carboxylic acid groups (broad SMARTS) is 1. The van der Waals surface area contributed by atoms with E-state index in [1.165, 1.54) is 24.8 Å². The zero-order valence-corrected chi connectivity index (χ0v) is 18.1. The van der Waals surface area contributed by atoms with Gasteiger partial charge in [0.05, 0.1) is 22.5 Å².